The van der Waals surface area contributed by atoms with Gasteiger partial charge >= 0.3 is 0 Å². The molecule has 2 heterocycles. The van der Waals surface area contributed by atoms with E-state index in [0.717, 1.165) is 31.5 Å². The molecule has 4 rings (SSSR count). The molecule has 0 spiro atoms. The van der Waals surface area contributed by atoms with Crippen molar-refractivity contribution in [2.24, 2.45) is 0 Å². The minimum atomic E-state index is -0.443. The number of hydrogen-bond donors (Lipinski definition) is 1. The Bertz CT molecular complexity index is 705. The summed E-state index contributed by atoms with van der Waals surface area (Å²) in [5.41, 5.74) is 1.77. The van der Waals surface area contributed by atoms with Crippen LogP contribution in [0.2, 0.25) is 0 Å². The van der Waals surface area contributed by atoms with Crippen LogP contribution in [-0.2, 0) is 10.2 Å². The molecule has 1 saturated carbocycles. The fourth-order valence-corrected chi connectivity index (χ4v) is 4.18. The highest BCUT2D eigenvalue weighted by Crippen LogP contribution is 2.48. The second kappa shape index (κ2) is 6.30. The molecule has 2 fully saturated rings. The van der Waals surface area contributed by atoms with Crippen molar-refractivity contribution in [2.45, 2.75) is 30.7 Å². The van der Waals surface area contributed by atoms with Gasteiger partial charge in [0.1, 0.15) is 5.82 Å². The van der Waals surface area contributed by atoms with E-state index in [1.54, 1.807) is 23.5 Å². The zero-order chi connectivity index (χ0) is 16.6. The quantitative estimate of drug-likeness (QED) is 0.870. The van der Waals surface area contributed by atoms with E-state index in [2.05, 4.69) is 27.0 Å². The molecule has 1 saturated heterocycles. The van der Waals surface area contributed by atoms with Crippen LogP contribution in [0.5, 0.6) is 0 Å². The molecule has 1 N–H and O–H groups in total. The van der Waals surface area contributed by atoms with Gasteiger partial charge in [-0.3, -0.25) is 9.69 Å². The van der Waals surface area contributed by atoms with E-state index in [4.69, 9.17) is 0 Å². The number of halogens is 1. The van der Waals surface area contributed by atoms with Gasteiger partial charge in [0.25, 0.3) is 0 Å². The smallest absolute Gasteiger partial charge is 0.230 e. The molecule has 1 amide bonds. The van der Waals surface area contributed by atoms with E-state index in [9.17, 15) is 9.18 Å². The molecule has 1 aromatic heterocycles. The number of hydrogen-bond acceptors (Lipinski definition) is 3. The summed E-state index contributed by atoms with van der Waals surface area (Å²) in [6.07, 6.45) is 2.92. The van der Waals surface area contributed by atoms with Gasteiger partial charge in [-0.25, -0.2) is 4.39 Å². The van der Waals surface area contributed by atoms with E-state index in [0.29, 0.717) is 6.54 Å². The van der Waals surface area contributed by atoms with Crippen molar-refractivity contribution >= 4 is 17.2 Å². The average molecular weight is 344 g/mol. The molecule has 1 aliphatic heterocycles. The SMILES string of the molecule is O=C(NC[C@H](c1ccsc1)N1CCC1)C1(c2ccc(F)cc2)CC1. The van der Waals surface area contributed by atoms with Crippen LogP contribution in [0.4, 0.5) is 4.39 Å². The summed E-state index contributed by atoms with van der Waals surface area (Å²) in [4.78, 5) is 15.2. The maximum Gasteiger partial charge on any atom is 0.230 e. The first-order chi connectivity index (χ1) is 11.7. The lowest BCUT2D eigenvalue weighted by molar-refractivity contribution is -0.123. The van der Waals surface area contributed by atoms with Gasteiger partial charge in [-0.05, 0) is 59.3 Å². The lowest BCUT2D eigenvalue weighted by atomic mass is 9.94. The molecule has 1 aliphatic carbocycles. The molecule has 2 aliphatic rings. The van der Waals surface area contributed by atoms with Crippen LogP contribution >= 0.6 is 11.3 Å². The Morgan fingerprint density at radius 3 is 2.54 bits per heavy atom. The topological polar surface area (TPSA) is 32.3 Å². The van der Waals surface area contributed by atoms with Gasteiger partial charge in [0, 0.05) is 19.6 Å². The monoisotopic (exact) mass is 344 g/mol. The van der Waals surface area contributed by atoms with Gasteiger partial charge in [-0.2, -0.15) is 11.3 Å². The number of likely N-dealkylation sites (tertiary alicyclic amines) is 1. The molecule has 3 nitrogen and oxygen atoms in total. The Hall–Kier alpha value is -1.72. The van der Waals surface area contributed by atoms with E-state index >= 15 is 0 Å². The van der Waals surface area contributed by atoms with Crippen molar-refractivity contribution in [3.63, 3.8) is 0 Å². The Morgan fingerprint density at radius 1 is 1.25 bits per heavy atom. The third kappa shape index (κ3) is 2.87. The molecular formula is C19H21FN2OS. The molecule has 1 aromatic carbocycles. The number of benzene rings is 1. The van der Waals surface area contributed by atoms with Crippen molar-refractivity contribution in [1.82, 2.24) is 10.2 Å². The highest BCUT2D eigenvalue weighted by Gasteiger charge is 2.51. The minimum absolute atomic E-state index is 0.0786. The Balaban J connectivity index is 1.44. The zero-order valence-corrected chi connectivity index (χ0v) is 14.3. The van der Waals surface area contributed by atoms with Gasteiger partial charge in [0.15, 0.2) is 0 Å². The van der Waals surface area contributed by atoms with E-state index in [-0.39, 0.29) is 17.8 Å². The third-order valence-electron chi connectivity index (χ3n) is 5.30. The number of amides is 1. The molecule has 0 unspecified atom stereocenters. The average Bonchev–Trinajstić information content (AvgIpc) is 3.17. The third-order valence-corrected chi connectivity index (χ3v) is 6.00. The lowest BCUT2D eigenvalue weighted by Gasteiger charge is -2.38. The first kappa shape index (κ1) is 15.8. The summed E-state index contributed by atoms with van der Waals surface area (Å²) in [6, 6.07) is 8.78. The van der Waals surface area contributed by atoms with E-state index in [1.165, 1.54) is 24.1 Å². The number of carbonyl (C=O) groups excluding carboxylic acids is 1. The van der Waals surface area contributed by atoms with Crippen molar-refractivity contribution in [3.8, 4) is 0 Å². The zero-order valence-electron chi connectivity index (χ0n) is 13.5. The van der Waals surface area contributed by atoms with Crippen LogP contribution < -0.4 is 5.32 Å². The maximum atomic E-state index is 13.1. The standard InChI is InChI=1S/C19H21FN2OS/c20-16-4-2-15(3-5-16)19(7-8-19)18(23)21-12-17(22-9-1-10-22)14-6-11-24-13-14/h2-6,11,13,17H,1,7-10,12H2,(H,21,23)/t17-/m1/s1. The minimum Gasteiger partial charge on any atom is -0.353 e. The van der Waals surface area contributed by atoms with Crippen molar-refractivity contribution in [1.29, 1.82) is 0 Å². The predicted octanol–water partition coefficient (Wildman–Crippen LogP) is 3.48. The summed E-state index contributed by atoms with van der Waals surface area (Å²) in [7, 11) is 0. The first-order valence-corrected chi connectivity index (χ1v) is 9.44. The predicted molar refractivity (Wildman–Crippen MR) is 93.6 cm³/mol. The largest absolute Gasteiger partial charge is 0.353 e. The Morgan fingerprint density at radius 2 is 2.00 bits per heavy atom. The highest BCUT2D eigenvalue weighted by atomic mass is 32.1. The number of rotatable bonds is 6. The van der Waals surface area contributed by atoms with Crippen LogP contribution in [0.25, 0.3) is 0 Å². The van der Waals surface area contributed by atoms with Gasteiger partial charge in [-0.15, -0.1) is 0 Å². The normalized spacial score (nSPS) is 20.2. The summed E-state index contributed by atoms with van der Waals surface area (Å²) in [6.45, 7) is 2.83. The fraction of sp³-hybridized carbons (Fsp3) is 0.421. The first-order valence-electron chi connectivity index (χ1n) is 8.49. The van der Waals surface area contributed by atoms with Gasteiger partial charge in [0.2, 0.25) is 5.91 Å². The van der Waals surface area contributed by atoms with Crippen LogP contribution in [-0.4, -0.2) is 30.4 Å². The molecular weight excluding hydrogens is 323 g/mol. The van der Waals surface area contributed by atoms with Crippen LogP contribution in [0.15, 0.2) is 41.1 Å². The number of nitrogens with one attached hydrogen (secondary N) is 1. The Kier molecular flexibility index (Phi) is 4.14. The summed E-state index contributed by atoms with van der Waals surface area (Å²) >= 11 is 1.70. The van der Waals surface area contributed by atoms with Gasteiger partial charge < -0.3 is 5.32 Å². The summed E-state index contributed by atoms with van der Waals surface area (Å²) < 4.78 is 13.1. The molecule has 5 heteroatoms. The van der Waals surface area contributed by atoms with Gasteiger partial charge in [-0.1, -0.05) is 12.1 Å². The summed E-state index contributed by atoms with van der Waals surface area (Å²) in [5.74, 6) is -0.180. The molecule has 24 heavy (non-hydrogen) atoms. The number of carbonyl (C=O) groups is 1. The molecule has 1 atom stereocenters. The summed E-state index contributed by atoms with van der Waals surface area (Å²) in [5, 5.41) is 7.42. The second-order valence-corrected chi connectivity index (χ2v) is 7.54. The van der Waals surface area contributed by atoms with Crippen molar-refractivity contribution in [2.75, 3.05) is 19.6 Å². The van der Waals surface area contributed by atoms with E-state index < -0.39 is 5.41 Å². The Labute approximate surface area is 145 Å². The fourth-order valence-electron chi connectivity index (χ4n) is 3.47. The second-order valence-electron chi connectivity index (χ2n) is 6.76. The van der Waals surface area contributed by atoms with Gasteiger partial charge in [0.05, 0.1) is 11.5 Å². The molecule has 0 bridgehead atoms. The number of nitrogens with zero attached hydrogens (tertiary/aromatic N) is 1. The highest BCUT2D eigenvalue weighted by molar-refractivity contribution is 7.07. The van der Waals surface area contributed by atoms with Crippen molar-refractivity contribution in [3.05, 3.63) is 58.0 Å². The van der Waals surface area contributed by atoms with Crippen molar-refractivity contribution < 1.29 is 9.18 Å². The molecule has 126 valence electrons. The number of thiophene rings is 1. The van der Waals surface area contributed by atoms with Crippen LogP contribution in [0.3, 0.4) is 0 Å². The van der Waals surface area contributed by atoms with E-state index in [1.807, 2.05) is 0 Å². The lowest BCUT2D eigenvalue weighted by Crippen LogP contribution is -2.46. The molecule has 2 aromatic rings. The van der Waals surface area contributed by atoms with Crippen LogP contribution in [0.1, 0.15) is 36.4 Å². The maximum absolute atomic E-state index is 13.1. The van der Waals surface area contributed by atoms with Crippen LogP contribution in [0, 0.1) is 5.82 Å². The molecule has 0 radical (unpaired) electrons.